The van der Waals surface area contributed by atoms with Gasteiger partial charge >= 0.3 is 0 Å². The second kappa shape index (κ2) is 6.75. The Bertz CT molecular complexity index is 882. The topological polar surface area (TPSA) is 80.3 Å². The monoisotopic (exact) mass is 321 g/mol. The van der Waals surface area contributed by atoms with Gasteiger partial charge in [0.2, 0.25) is 17.5 Å². The number of oxazole rings is 1. The highest BCUT2D eigenvalue weighted by Gasteiger charge is 2.16. The molecule has 1 N–H and O–H groups in total. The minimum atomic E-state index is 0.173. The van der Waals surface area contributed by atoms with E-state index >= 15 is 0 Å². The van der Waals surface area contributed by atoms with Gasteiger partial charge in [0.25, 0.3) is 0 Å². The molecule has 0 atom stereocenters. The summed E-state index contributed by atoms with van der Waals surface area (Å²) in [6.45, 7) is 0. The van der Waals surface area contributed by atoms with Gasteiger partial charge in [0.1, 0.15) is 17.6 Å². The predicted octanol–water partition coefficient (Wildman–Crippen LogP) is 3.97. The molecule has 1 aromatic heterocycles. The number of nitrogens with zero attached hydrogens (tertiary/aromatic N) is 2. The molecule has 0 fully saturated rings. The van der Waals surface area contributed by atoms with E-state index in [2.05, 4.69) is 10.3 Å². The van der Waals surface area contributed by atoms with Crippen LogP contribution in [0.3, 0.4) is 0 Å². The van der Waals surface area contributed by atoms with Crippen LogP contribution in [0, 0.1) is 11.3 Å². The van der Waals surface area contributed by atoms with Gasteiger partial charge in [-0.2, -0.15) is 10.2 Å². The molecule has 0 amide bonds. The molecule has 0 saturated carbocycles. The summed E-state index contributed by atoms with van der Waals surface area (Å²) in [7, 11) is 3.14. The lowest BCUT2D eigenvalue weighted by Crippen LogP contribution is -1.96. The molecule has 24 heavy (non-hydrogen) atoms. The lowest BCUT2D eigenvalue weighted by atomic mass is 10.2. The fourth-order valence-corrected chi connectivity index (χ4v) is 2.21. The first-order valence-electron chi connectivity index (χ1n) is 7.20. The second-order valence-electron chi connectivity index (χ2n) is 4.87. The highest BCUT2D eigenvalue weighted by atomic mass is 16.5. The third kappa shape index (κ3) is 3.01. The molecule has 0 aliphatic rings. The fourth-order valence-electron chi connectivity index (χ4n) is 2.21. The van der Waals surface area contributed by atoms with Crippen LogP contribution in [0.2, 0.25) is 0 Å². The van der Waals surface area contributed by atoms with E-state index < -0.39 is 0 Å². The van der Waals surface area contributed by atoms with Crippen LogP contribution in [0.15, 0.2) is 52.9 Å². The molecule has 1 heterocycles. The van der Waals surface area contributed by atoms with E-state index in [9.17, 15) is 5.26 Å². The van der Waals surface area contributed by atoms with E-state index in [0.717, 1.165) is 5.56 Å². The molecule has 2 aromatic carbocycles. The molecule has 120 valence electrons. The fraction of sp³-hybridized carbons (Fsp3) is 0.111. The van der Waals surface area contributed by atoms with Crippen molar-refractivity contribution in [2.45, 2.75) is 0 Å². The largest absolute Gasteiger partial charge is 0.497 e. The summed E-state index contributed by atoms with van der Waals surface area (Å²) in [6, 6.07) is 16.7. The highest BCUT2D eigenvalue weighted by molar-refractivity contribution is 5.69. The van der Waals surface area contributed by atoms with Crippen molar-refractivity contribution in [2.75, 3.05) is 19.5 Å². The maximum Gasteiger partial charge on any atom is 0.237 e. The van der Waals surface area contributed by atoms with E-state index in [1.54, 1.807) is 32.4 Å². The number of ether oxygens (including phenoxy) is 2. The molecule has 0 radical (unpaired) electrons. The number of aromatic nitrogens is 1. The van der Waals surface area contributed by atoms with Gasteiger partial charge in [0.05, 0.1) is 19.9 Å². The molecule has 0 unspecified atom stereocenters. The van der Waals surface area contributed by atoms with Crippen molar-refractivity contribution >= 4 is 11.6 Å². The van der Waals surface area contributed by atoms with Gasteiger partial charge in [-0.15, -0.1) is 0 Å². The quantitative estimate of drug-likeness (QED) is 0.765. The molecule has 0 spiro atoms. The number of hydrogen-bond acceptors (Lipinski definition) is 6. The molecule has 6 nitrogen and oxygen atoms in total. The summed E-state index contributed by atoms with van der Waals surface area (Å²) in [5.74, 6) is 1.87. The highest BCUT2D eigenvalue weighted by Crippen LogP contribution is 2.34. The average Bonchev–Trinajstić information content (AvgIpc) is 3.05. The number of nitriles is 1. The van der Waals surface area contributed by atoms with Gasteiger partial charge in [-0.1, -0.05) is 18.2 Å². The van der Waals surface area contributed by atoms with Gasteiger partial charge in [-0.3, -0.25) is 0 Å². The Kier molecular flexibility index (Phi) is 4.34. The van der Waals surface area contributed by atoms with Crippen molar-refractivity contribution < 1.29 is 13.9 Å². The van der Waals surface area contributed by atoms with Crippen LogP contribution in [-0.2, 0) is 0 Å². The summed E-state index contributed by atoms with van der Waals surface area (Å²) in [4.78, 5) is 4.23. The van der Waals surface area contributed by atoms with Gasteiger partial charge in [0.15, 0.2) is 0 Å². The third-order valence-electron chi connectivity index (χ3n) is 3.41. The Morgan fingerprint density at radius 1 is 1.08 bits per heavy atom. The molecule has 0 aliphatic heterocycles. The Morgan fingerprint density at radius 3 is 2.54 bits per heavy atom. The molecule has 6 heteroatoms. The van der Waals surface area contributed by atoms with Crippen molar-refractivity contribution in [1.29, 1.82) is 5.26 Å². The van der Waals surface area contributed by atoms with Crippen molar-refractivity contribution in [3.05, 3.63) is 54.2 Å². The number of rotatable bonds is 5. The first-order valence-corrected chi connectivity index (χ1v) is 7.20. The zero-order chi connectivity index (χ0) is 16.9. The second-order valence-corrected chi connectivity index (χ2v) is 4.87. The van der Waals surface area contributed by atoms with Crippen LogP contribution in [0.1, 0.15) is 5.69 Å². The SMILES string of the molecule is COc1ccc(Nc2oc(-c3ccccc3)nc2C#N)c(OC)c1. The first-order chi connectivity index (χ1) is 11.7. The van der Waals surface area contributed by atoms with Crippen LogP contribution in [0.5, 0.6) is 11.5 Å². The number of nitrogens with one attached hydrogen (secondary N) is 1. The van der Waals surface area contributed by atoms with E-state index in [1.807, 2.05) is 36.4 Å². The predicted molar refractivity (Wildman–Crippen MR) is 89.5 cm³/mol. The molecule has 3 aromatic rings. The molecule has 3 rings (SSSR count). The number of anilines is 2. The van der Waals surface area contributed by atoms with Crippen LogP contribution < -0.4 is 14.8 Å². The maximum atomic E-state index is 9.30. The molecular formula is C18H15N3O3. The third-order valence-corrected chi connectivity index (χ3v) is 3.41. The van der Waals surface area contributed by atoms with E-state index in [-0.39, 0.29) is 11.6 Å². The molecule has 0 aliphatic carbocycles. The normalized spacial score (nSPS) is 10.0. The zero-order valence-electron chi connectivity index (χ0n) is 13.2. The minimum Gasteiger partial charge on any atom is -0.497 e. The van der Waals surface area contributed by atoms with Gasteiger partial charge in [-0.05, 0) is 24.3 Å². The summed E-state index contributed by atoms with van der Waals surface area (Å²) < 4.78 is 16.2. The van der Waals surface area contributed by atoms with Crippen molar-refractivity contribution in [3.8, 4) is 29.0 Å². The smallest absolute Gasteiger partial charge is 0.237 e. The van der Waals surface area contributed by atoms with Crippen LogP contribution in [0.4, 0.5) is 11.6 Å². The Labute approximate surface area is 139 Å². The van der Waals surface area contributed by atoms with E-state index in [0.29, 0.717) is 23.1 Å². The van der Waals surface area contributed by atoms with Gasteiger partial charge in [0, 0.05) is 11.6 Å². The summed E-state index contributed by atoms with van der Waals surface area (Å²) in [5, 5.41) is 12.4. The maximum absolute atomic E-state index is 9.30. The molecule has 0 saturated heterocycles. The summed E-state index contributed by atoms with van der Waals surface area (Å²) in [6.07, 6.45) is 0. The number of benzene rings is 2. The van der Waals surface area contributed by atoms with Crippen molar-refractivity contribution in [1.82, 2.24) is 4.98 Å². The lowest BCUT2D eigenvalue weighted by Gasteiger charge is -2.10. The average molecular weight is 321 g/mol. The van der Waals surface area contributed by atoms with Crippen LogP contribution in [-0.4, -0.2) is 19.2 Å². The van der Waals surface area contributed by atoms with Crippen LogP contribution >= 0.6 is 0 Å². The number of hydrogen-bond donors (Lipinski definition) is 1. The first kappa shape index (κ1) is 15.4. The Morgan fingerprint density at radius 2 is 1.88 bits per heavy atom. The van der Waals surface area contributed by atoms with Crippen molar-refractivity contribution in [3.63, 3.8) is 0 Å². The summed E-state index contributed by atoms with van der Waals surface area (Å²) in [5.41, 5.74) is 1.61. The van der Waals surface area contributed by atoms with E-state index in [4.69, 9.17) is 13.9 Å². The summed E-state index contributed by atoms with van der Waals surface area (Å²) >= 11 is 0. The van der Waals surface area contributed by atoms with Gasteiger partial charge < -0.3 is 19.2 Å². The zero-order valence-corrected chi connectivity index (χ0v) is 13.2. The van der Waals surface area contributed by atoms with Gasteiger partial charge in [-0.25, -0.2) is 0 Å². The number of methoxy groups -OCH3 is 2. The lowest BCUT2D eigenvalue weighted by molar-refractivity contribution is 0.395. The standard InChI is InChI=1S/C18H15N3O3/c1-22-13-8-9-14(16(10-13)23-2)20-18-15(11-19)21-17(24-18)12-6-4-3-5-7-12/h3-10,20H,1-2H3. The van der Waals surface area contributed by atoms with Crippen molar-refractivity contribution in [2.24, 2.45) is 0 Å². The Balaban J connectivity index is 1.96. The van der Waals surface area contributed by atoms with E-state index in [1.165, 1.54) is 0 Å². The molecule has 0 bridgehead atoms. The minimum absolute atomic E-state index is 0.173. The Hall–Kier alpha value is -3.46. The van der Waals surface area contributed by atoms with Crippen LogP contribution in [0.25, 0.3) is 11.5 Å². The molecular weight excluding hydrogens is 306 g/mol.